The van der Waals surface area contributed by atoms with Gasteiger partial charge in [-0.2, -0.15) is 11.8 Å². The average Bonchev–Trinajstić information content (AvgIpc) is 2.67. The zero-order valence-corrected chi connectivity index (χ0v) is 12.3. The fraction of sp³-hybridized carbons (Fsp3) is 0.231. The molecule has 1 aromatic carbocycles. The van der Waals surface area contributed by atoms with Gasteiger partial charge in [-0.25, -0.2) is 0 Å². The Morgan fingerprint density at radius 2 is 1.94 bits per heavy atom. The van der Waals surface area contributed by atoms with Gasteiger partial charge < -0.3 is 0 Å². The summed E-state index contributed by atoms with van der Waals surface area (Å²) in [7, 11) is 0. The molecule has 0 nitrogen and oxygen atoms in total. The second-order valence-corrected chi connectivity index (χ2v) is 7.16. The van der Waals surface area contributed by atoms with Gasteiger partial charge in [-0.05, 0) is 46.1 Å². The van der Waals surface area contributed by atoms with Gasteiger partial charge in [-0.15, -0.1) is 11.3 Å². The van der Waals surface area contributed by atoms with E-state index in [2.05, 4.69) is 59.3 Å². The first-order chi connectivity index (χ1) is 7.75. The molecule has 84 valence electrons. The van der Waals surface area contributed by atoms with Crippen LogP contribution in [-0.4, -0.2) is 0 Å². The molecule has 2 rings (SSSR count). The molecule has 0 radical (unpaired) electrons. The van der Waals surface area contributed by atoms with E-state index in [1.165, 1.54) is 19.8 Å². The minimum Gasteiger partial charge on any atom is -0.152 e. The molecular weight excluding hydrogens is 300 g/mol. The van der Waals surface area contributed by atoms with Gasteiger partial charge in [-0.3, -0.25) is 0 Å². The third-order valence-electron chi connectivity index (χ3n) is 2.39. The summed E-state index contributed by atoms with van der Waals surface area (Å²) in [5, 5.41) is 0. The van der Waals surface area contributed by atoms with E-state index in [9.17, 15) is 0 Å². The van der Waals surface area contributed by atoms with Crippen molar-refractivity contribution in [1.82, 2.24) is 0 Å². The van der Waals surface area contributed by atoms with E-state index in [4.69, 9.17) is 0 Å². The lowest BCUT2D eigenvalue weighted by Crippen LogP contribution is -1.85. The lowest BCUT2D eigenvalue weighted by molar-refractivity contribution is 1.30. The summed E-state index contributed by atoms with van der Waals surface area (Å²) in [6, 6.07) is 12.9. The number of aryl methyl sites for hydroxylation is 1. The lowest BCUT2D eigenvalue weighted by atomic mass is 10.1. The molecule has 0 saturated carbocycles. The molecule has 0 aliphatic carbocycles. The zero-order chi connectivity index (χ0) is 11.4. The van der Waals surface area contributed by atoms with E-state index in [1.807, 2.05) is 23.1 Å². The number of thioether (sulfide) groups is 1. The van der Waals surface area contributed by atoms with Crippen LogP contribution in [0, 0.1) is 6.92 Å². The summed E-state index contributed by atoms with van der Waals surface area (Å²) in [5.74, 6) is 2.20. The van der Waals surface area contributed by atoms with Crippen molar-refractivity contribution >= 4 is 39.0 Å². The third-order valence-corrected chi connectivity index (χ3v) is 5.23. The Morgan fingerprint density at radius 1 is 1.12 bits per heavy atom. The predicted octanol–water partition coefficient (Wildman–Crippen LogP) is 5.25. The number of thiophene rings is 1. The molecule has 0 fully saturated rings. The van der Waals surface area contributed by atoms with E-state index in [-0.39, 0.29) is 0 Å². The maximum Gasteiger partial charge on any atom is 0.0701 e. The summed E-state index contributed by atoms with van der Waals surface area (Å²) < 4.78 is 1.22. The molecule has 1 aromatic heterocycles. The van der Waals surface area contributed by atoms with Crippen LogP contribution in [-0.2, 0) is 11.5 Å². The molecule has 0 aliphatic rings. The van der Waals surface area contributed by atoms with Crippen molar-refractivity contribution in [2.75, 3.05) is 0 Å². The standard InChI is InChI=1S/C13H13BrS2/c1-10-4-2-3-5-11(10)8-15-9-12-6-7-13(14)16-12/h2-7H,8-9H2,1H3. The second-order valence-electron chi connectivity index (χ2n) is 3.63. The normalized spacial score (nSPS) is 10.6. The predicted molar refractivity (Wildman–Crippen MR) is 78.2 cm³/mol. The molecule has 0 unspecified atom stereocenters. The van der Waals surface area contributed by atoms with Crippen LogP contribution >= 0.6 is 39.0 Å². The average molecular weight is 313 g/mol. The fourth-order valence-corrected chi connectivity index (χ4v) is 4.17. The quantitative estimate of drug-likeness (QED) is 0.742. The van der Waals surface area contributed by atoms with E-state index in [0.717, 1.165) is 11.5 Å². The molecule has 0 spiro atoms. The highest BCUT2D eigenvalue weighted by molar-refractivity contribution is 9.11. The first-order valence-electron chi connectivity index (χ1n) is 5.12. The van der Waals surface area contributed by atoms with Crippen LogP contribution in [0.1, 0.15) is 16.0 Å². The van der Waals surface area contributed by atoms with Gasteiger partial charge in [0.25, 0.3) is 0 Å². The van der Waals surface area contributed by atoms with Crippen molar-refractivity contribution < 1.29 is 0 Å². The molecule has 3 heteroatoms. The van der Waals surface area contributed by atoms with Crippen LogP contribution in [0.3, 0.4) is 0 Å². The van der Waals surface area contributed by atoms with Gasteiger partial charge in [0.05, 0.1) is 3.79 Å². The fourth-order valence-electron chi connectivity index (χ4n) is 1.46. The number of hydrogen-bond acceptors (Lipinski definition) is 2. The summed E-state index contributed by atoms with van der Waals surface area (Å²) in [4.78, 5) is 1.44. The Kier molecular flexibility index (Phi) is 4.50. The Labute approximate surface area is 113 Å². The zero-order valence-electron chi connectivity index (χ0n) is 9.07. The lowest BCUT2D eigenvalue weighted by Gasteiger charge is -2.04. The molecule has 0 saturated heterocycles. The summed E-state index contributed by atoms with van der Waals surface area (Å²) >= 11 is 7.29. The molecule has 1 heterocycles. The Hall–Kier alpha value is -0.250. The summed E-state index contributed by atoms with van der Waals surface area (Å²) in [6.07, 6.45) is 0. The van der Waals surface area contributed by atoms with Gasteiger partial charge in [0.2, 0.25) is 0 Å². The minimum atomic E-state index is 1.10. The number of benzene rings is 1. The second kappa shape index (κ2) is 5.89. The monoisotopic (exact) mass is 312 g/mol. The molecule has 0 atom stereocenters. The van der Waals surface area contributed by atoms with Crippen LogP contribution in [0.2, 0.25) is 0 Å². The smallest absolute Gasteiger partial charge is 0.0701 e. The third kappa shape index (κ3) is 3.37. The van der Waals surface area contributed by atoms with Crippen molar-refractivity contribution in [2.45, 2.75) is 18.4 Å². The molecule has 0 aliphatic heterocycles. The Balaban J connectivity index is 1.87. The van der Waals surface area contributed by atoms with Crippen LogP contribution in [0.4, 0.5) is 0 Å². The molecule has 0 N–H and O–H groups in total. The van der Waals surface area contributed by atoms with E-state index in [1.54, 1.807) is 0 Å². The number of hydrogen-bond donors (Lipinski definition) is 0. The molecule has 16 heavy (non-hydrogen) atoms. The Morgan fingerprint density at radius 3 is 2.62 bits per heavy atom. The highest BCUT2D eigenvalue weighted by Crippen LogP contribution is 2.27. The molecule has 0 amide bonds. The van der Waals surface area contributed by atoms with Crippen LogP contribution in [0.15, 0.2) is 40.2 Å². The molecular formula is C13H13BrS2. The van der Waals surface area contributed by atoms with Gasteiger partial charge in [0.1, 0.15) is 0 Å². The van der Waals surface area contributed by atoms with Gasteiger partial charge >= 0.3 is 0 Å². The van der Waals surface area contributed by atoms with Crippen molar-refractivity contribution in [3.63, 3.8) is 0 Å². The first-order valence-corrected chi connectivity index (χ1v) is 7.88. The number of rotatable bonds is 4. The van der Waals surface area contributed by atoms with Crippen molar-refractivity contribution in [3.05, 3.63) is 56.2 Å². The molecule has 2 aromatic rings. The SMILES string of the molecule is Cc1ccccc1CSCc1ccc(Br)s1. The topological polar surface area (TPSA) is 0 Å². The van der Waals surface area contributed by atoms with Gasteiger partial charge in [-0.1, -0.05) is 24.3 Å². The van der Waals surface area contributed by atoms with E-state index < -0.39 is 0 Å². The minimum absolute atomic E-state index is 1.10. The van der Waals surface area contributed by atoms with Crippen molar-refractivity contribution in [2.24, 2.45) is 0 Å². The largest absolute Gasteiger partial charge is 0.152 e. The van der Waals surface area contributed by atoms with Crippen LogP contribution in [0.25, 0.3) is 0 Å². The van der Waals surface area contributed by atoms with Crippen LogP contribution < -0.4 is 0 Å². The molecule has 0 bridgehead atoms. The Bertz CT molecular complexity index is 462. The highest BCUT2D eigenvalue weighted by Gasteiger charge is 2.00. The van der Waals surface area contributed by atoms with Crippen molar-refractivity contribution in [3.8, 4) is 0 Å². The van der Waals surface area contributed by atoms with E-state index >= 15 is 0 Å². The van der Waals surface area contributed by atoms with E-state index in [0.29, 0.717) is 0 Å². The first kappa shape index (κ1) is 12.2. The number of halogens is 1. The van der Waals surface area contributed by atoms with Crippen molar-refractivity contribution in [1.29, 1.82) is 0 Å². The van der Waals surface area contributed by atoms with Crippen LogP contribution in [0.5, 0.6) is 0 Å². The maximum absolute atomic E-state index is 3.49. The summed E-state index contributed by atoms with van der Waals surface area (Å²) in [5.41, 5.74) is 2.84. The van der Waals surface area contributed by atoms with Gasteiger partial charge in [0.15, 0.2) is 0 Å². The summed E-state index contributed by atoms with van der Waals surface area (Å²) in [6.45, 7) is 2.18. The highest BCUT2D eigenvalue weighted by atomic mass is 79.9. The van der Waals surface area contributed by atoms with Gasteiger partial charge in [0, 0.05) is 16.4 Å². The maximum atomic E-state index is 3.49.